The number of nitrogens with one attached hydrogen (secondary N) is 1. The van der Waals surface area contributed by atoms with Crippen molar-refractivity contribution in [3.8, 4) is 5.75 Å². The van der Waals surface area contributed by atoms with Crippen molar-refractivity contribution in [1.82, 2.24) is 0 Å². The van der Waals surface area contributed by atoms with Gasteiger partial charge < -0.3 is 15.8 Å². The van der Waals surface area contributed by atoms with Gasteiger partial charge in [-0.25, -0.2) is 0 Å². The van der Waals surface area contributed by atoms with Crippen LogP contribution in [0.1, 0.15) is 16.5 Å². The summed E-state index contributed by atoms with van der Waals surface area (Å²) < 4.78 is 6.33. The Morgan fingerprint density at radius 1 is 1.42 bits per heavy atom. The van der Waals surface area contributed by atoms with Crippen molar-refractivity contribution in [2.75, 3.05) is 11.9 Å². The van der Waals surface area contributed by atoms with E-state index in [1.807, 2.05) is 29.6 Å². The van der Waals surface area contributed by atoms with Crippen LogP contribution in [0.5, 0.6) is 5.75 Å². The number of thiophene rings is 1. The van der Waals surface area contributed by atoms with E-state index in [1.54, 1.807) is 11.3 Å². The SMILES string of the molecule is NC(c1ccc2c(c1)NC(=O)CO2)c1sccc1Br. The molecule has 1 aliphatic heterocycles. The minimum absolute atomic E-state index is 0.0644. The second-order valence-electron chi connectivity index (χ2n) is 4.20. The number of amides is 1. The van der Waals surface area contributed by atoms with Crippen molar-refractivity contribution in [2.45, 2.75) is 6.04 Å². The van der Waals surface area contributed by atoms with Crippen molar-refractivity contribution in [2.24, 2.45) is 5.73 Å². The summed E-state index contributed by atoms with van der Waals surface area (Å²) in [4.78, 5) is 12.4. The summed E-state index contributed by atoms with van der Waals surface area (Å²) in [5.74, 6) is 0.538. The molecule has 0 saturated carbocycles. The van der Waals surface area contributed by atoms with Gasteiger partial charge in [-0.05, 0) is 45.1 Å². The van der Waals surface area contributed by atoms with Crippen molar-refractivity contribution < 1.29 is 9.53 Å². The monoisotopic (exact) mass is 338 g/mol. The molecule has 1 aromatic carbocycles. The fourth-order valence-electron chi connectivity index (χ4n) is 1.97. The molecule has 3 rings (SSSR count). The van der Waals surface area contributed by atoms with Gasteiger partial charge in [0, 0.05) is 9.35 Å². The number of rotatable bonds is 2. The molecule has 0 spiro atoms. The number of carbonyl (C=O) groups excluding carboxylic acids is 1. The molecule has 19 heavy (non-hydrogen) atoms. The lowest BCUT2D eigenvalue weighted by molar-refractivity contribution is -0.118. The van der Waals surface area contributed by atoms with Crippen molar-refractivity contribution in [3.05, 3.63) is 44.6 Å². The van der Waals surface area contributed by atoms with Gasteiger partial charge in [-0.15, -0.1) is 11.3 Å². The fourth-order valence-corrected chi connectivity index (χ4v) is 3.62. The average molecular weight is 339 g/mol. The first kappa shape index (κ1) is 12.7. The quantitative estimate of drug-likeness (QED) is 0.884. The van der Waals surface area contributed by atoms with Gasteiger partial charge in [-0.1, -0.05) is 6.07 Å². The van der Waals surface area contributed by atoms with Gasteiger partial charge in [0.05, 0.1) is 11.7 Å². The Kier molecular flexibility index (Phi) is 3.30. The Hall–Kier alpha value is -1.37. The van der Waals surface area contributed by atoms with Crippen LogP contribution in [-0.4, -0.2) is 12.5 Å². The molecule has 98 valence electrons. The summed E-state index contributed by atoms with van der Waals surface area (Å²) in [7, 11) is 0. The second kappa shape index (κ2) is 4.96. The topological polar surface area (TPSA) is 64.3 Å². The van der Waals surface area contributed by atoms with Gasteiger partial charge in [0.1, 0.15) is 5.75 Å². The predicted octanol–water partition coefficient (Wildman–Crippen LogP) is 2.89. The van der Waals surface area contributed by atoms with Gasteiger partial charge >= 0.3 is 0 Å². The molecule has 1 atom stereocenters. The van der Waals surface area contributed by atoms with E-state index in [1.165, 1.54) is 0 Å². The van der Waals surface area contributed by atoms with E-state index in [2.05, 4.69) is 21.2 Å². The second-order valence-corrected chi connectivity index (χ2v) is 6.00. The maximum Gasteiger partial charge on any atom is 0.262 e. The molecule has 4 nitrogen and oxygen atoms in total. The van der Waals surface area contributed by atoms with E-state index < -0.39 is 0 Å². The van der Waals surface area contributed by atoms with E-state index in [0.717, 1.165) is 14.9 Å². The Morgan fingerprint density at radius 2 is 2.26 bits per heavy atom. The highest BCUT2D eigenvalue weighted by atomic mass is 79.9. The lowest BCUT2D eigenvalue weighted by Crippen LogP contribution is -2.25. The molecule has 1 aliphatic rings. The molecular weight excluding hydrogens is 328 g/mol. The molecule has 1 amide bonds. The van der Waals surface area contributed by atoms with Crippen LogP contribution in [0.2, 0.25) is 0 Å². The molecule has 0 bridgehead atoms. The average Bonchev–Trinajstić information content (AvgIpc) is 2.83. The zero-order chi connectivity index (χ0) is 13.4. The van der Waals surface area contributed by atoms with Crippen LogP contribution in [0.3, 0.4) is 0 Å². The zero-order valence-corrected chi connectivity index (χ0v) is 12.3. The molecule has 1 unspecified atom stereocenters. The maximum absolute atomic E-state index is 11.3. The standard InChI is InChI=1S/C13H11BrN2O2S/c14-8-3-4-19-13(8)12(15)7-1-2-10-9(5-7)16-11(17)6-18-10/h1-5,12H,6,15H2,(H,16,17). The van der Waals surface area contributed by atoms with E-state index in [0.29, 0.717) is 11.4 Å². The number of hydrogen-bond acceptors (Lipinski definition) is 4. The van der Waals surface area contributed by atoms with E-state index in [9.17, 15) is 4.79 Å². The van der Waals surface area contributed by atoms with Gasteiger partial charge in [0.25, 0.3) is 5.91 Å². The molecule has 6 heteroatoms. The van der Waals surface area contributed by atoms with Crippen molar-refractivity contribution in [3.63, 3.8) is 0 Å². The molecule has 1 aromatic heterocycles. The van der Waals surface area contributed by atoms with Gasteiger partial charge in [-0.2, -0.15) is 0 Å². The highest BCUT2D eigenvalue weighted by molar-refractivity contribution is 9.10. The molecule has 0 radical (unpaired) electrons. The Labute approximate surface area is 122 Å². The zero-order valence-electron chi connectivity index (χ0n) is 9.85. The van der Waals surface area contributed by atoms with Crippen LogP contribution in [0, 0.1) is 0 Å². The molecule has 0 saturated heterocycles. The third kappa shape index (κ3) is 2.39. The van der Waals surface area contributed by atoms with E-state index in [-0.39, 0.29) is 18.6 Å². The highest BCUT2D eigenvalue weighted by Gasteiger charge is 2.19. The van der Waals surface area contributed by atoms with E-state index in [4.69, 9.17) is 10.5 Å². The molecule has 0 fully saturated rings. The number of ether oxygens (including phenoxy) is 1. The number of anilines is 1. The summed E-state index contributed by atoms with van der Waals surface area (Å²) in [6.07, 6.45) is 0. The molecule has 2 aromatic rings. The summed E-state index contributed by atoms with van der Waals surface area (Å²) >= 11 is 5.08. The number of halogens is 1. The summed E-state index contributed by atoms with van der Waals surface area (Å²) in [6.45, 7) is 0.0644. The highest BCUT2D eigenvalue weighted by Crippen LogP contribution is 2.35. The molecular formula is C13H11BrN2O2S. The summed E-state index contributed by atoms with van der Waals surface area (Å²) in [6, 6.07) is 7.38. The molecule has 0 aliphatic carbocycles. The third-order valence-electron chi connectivity index (χ3n) is 2.92. The molecule has 3 N–H and O–H groups in total. The normalized spacial score (nSPS) is 15.4. The minimum Gasteiger partial charge on any atom is -0.482 e. The first-order chi connectivity index (χ1) is 9.15. The Morgan fingerprint density at radius 3 is 3.00 bits per heavy atom. The number of carbonyl (C=O) groups is 1. The van der Waals surface area contributed by atoms with Gasteiger partial charge in [0.15, 0.2) is 6.61 Å². The number of fused-ring (bicyclic) bond motifs is 1. The molecule has 2 heterocycles. The van der Waals surface area contributed by atoms with E-state index >= 15 is 0 Å². The lowest BCUT2D eigenvalue weighted by atomic mass is 10.0. The van der Waals surface area contributed by atoms with Crippen LogP contribution in [0.25, 0.3) is 0 Å². The summed E-state index contributed by atoms with van der Waals surface area (Å²) in [5.41, 5.74) is 7.87. The Balaban J connectivity index is 1.96. The fraction of sp³-hybridized carbons (Fsp3) is 0.154. The van der Waals surface area contributed by atoms with Crippen molar-refractivity contribution >= 4 is 38.9 Å². The first-order valence-corrected chi connectivity index (χ1v) is 7.37. The third-order valence-corrected chi connectivity index (χ3v) is 4.88. The number of benzene rings is 1. The first-order valence-electron chi connectivity index (χ1n) is 5.70. The lowest BCUT2D eigenvalue weighted by Gasteiger charge is -2.20. The number of nitrogens with two attached hydrogens (primary N) is 1. The predicted molar refractivity (Wildman–Crippen MR) is 78.6 cm³/mol. The van der Waals surface area contributed by atoms with Crippen LogP contribution in [0.4, 0.5) is 5.69 Å². The van der Waals surface area contributed by atoms with Crippen LogP contribution >= 0.6 is 27.3 Å². The van der Waals surface area contributed by atoms with Crippen LogP contribution < -0.4 is 15.8 Å². The van der Waals surface area contributed by atoms with Gasteiger partial charge in [0.2, 0.25) is 0 Å². The summed E-state index contributed by atoms with van der Waals surface area (Å²) in [5, 5.41) is 4.78. The van der Waals surface area contributed by atoms with Crippen LogP contribution in [0.15, 0.2) is 34.1 Å². The Bertz CT molecular complexity index is 641. The smallest absolute Gasteiger partial charge is 0.262 e. The van der Waals surface area contributed by atoms with Crippen LogP contribution in [-0.2, 0) is 4.79 Å². The largest absolute Gasteiger partial charge is 0.482 e. The minimum atomic E-state index is -0.224. The van der Waals surface area contributed by atoms with Crippen molar-refractivity contribution in [1.29, 1.82) is 0 Å². The van der Waals surface area contributed by atoms with Gasteiger partial charge in [-0.3, -0.25) is 4.79 Å². The number of hydrogen-bond donors (Lipinski definition) is 2. The maximum atomic E-state index is 11.3.